The molecule has 0 radical (unpaired) electrons. The van der Waals surface area contributed by atoms with Crippen molar-refractivity contribution in [1.82, 2.24) is 0 Å². The Morgan fingerprint density at radius 1 is 1.39 bits per heavy atom. The summed E-state index contributed by atoms with van der Waals surface area (Å²) in [4.78, 5) is 0. The number of nitrogens with zero attached hydrogens (tertiary/aromatic N) is 1. The molecule has 1 aromatic carbocycles. The number of nitrogens with two attached hydrogens (primary N) is 1. The van der Waals surface area contributed by atoms with Crippen molar-refractivity contribution in [2.24, 2.45) is 10.9 Å². The summed E-state index contributed by atoms with van der Waals surface area (Å²) in [6, 6.07) is 9.07. The highest BCUT2D eigenvalue weighted by Gasteiger charge is 2.11. The Balaban J connectivity index is 2.25. The number of para-hydroxylation sites is 1. The van der Waals surface area contributed by atoms with Crippen molar-refractivity contribution in [2.75, 3.05) is 0 Å². The standard InChI is InChI=1S/C13H14N2O3/c1-9-4-2-6-11(13(14)15-16)12(9)18-8-10-5-3-7-17-10/h2-7,16H,8H2,1H3,(H2,14,15). The molecule has 0 atom stereocenters. The minimum absolute atomic E-state index is 0.0214. The predicted molar refractivity (Wildman–Crippen MR) is 66.7 cm³/mol. The lowest BCUT2D eigenvalue weighted by atomic mass is 10.1. The lowest BCUT2D eigenvalue weighted by Crippen LogP contribution is -2.15. The summed E-state index contributed by atoms with van der Waals surface area (Å²) in [7, 11) is 0. The van der Waals surface area contributed by atoms with Crippen LogP contribution in [0.3, 0.4) is 0 Å². The van der Waals surface area contributed by atoms with Crippen LogP contribution in [0.5, 0.6) is 5.75 Å². The maximum atomic E-state index is 8.74. The molecule has 0 bridgehead atoms. The van der Waals surface area contributed by atoms with Crippen molar-refractivity contribution >= 4 is 5.84 Å². The molecule has 94 valence electrons. The van der Waals surface area contributed by atoms with Crippen LogP contribution in [-0.2, 0) is 6.61 Å². The average Bonchev–Trinajstić information content (AvgIpc) is 2.89. The third-order valence-corrected chi connectivity index (χ3v) is 2.53. The molecule has 0 aliphatic carbocycles. The largest absolute Gasteiger partial charge is 0.485 e. The predicted octanol–water partition coefficient (Wildman–Crippen LogP) is 2.26. The molecule has 0 saturated carbocycles. The zero-order chi connectivity index (χ0) is 13.0. The van der Waals surface area contributed by atoms with Gasteiger partial charge in [-0.05, 0) is 30.7 Å². The molecule has 0 spiro atoms. The van der Waals surface area contributed by atoms with Crippen LogP contribution >= 0.6 is 0 Å². The molecule has 0 aliphatic heterocycles. The third kappa shape index (κ3) is 2.45. The lowest BCUT2D eigenvalue weighted by molar-refractivity contribution is 0.267. The SMILES string of the molecule is Cc1cccc(/C(N)=N/O)c1OCc1ccco1. The van der Waals surface area contributed by atoms with Crippen molar-refractivity contribution in [3.05, 3.63) is 53.5 Å². The van der Waals surface area contributed by atoms with Crippen LogP contribution in [0.4, 0.5) is 0 Å². The van der Waals surface area contributed by atoms with Gasteiger partial charge >= 0.3 is 0 Å². The quantitative estimate of drug-likeness (QED) is 0.375. The van der Waals surface area contributed by atoms with Crippen LogP contribution in [0.15, 0.2) is 46.2 Å². The number of benzene rings is 1. The van der Waals surface area contributed by atoms with Crippen molar-refractivity contribution in [3.8, 4) is 5.75 Å². The number of ether oxygens (including phenoxy) is 1. The van der Waals surface area contributed by atoms with Gasteiger partial charge in [-0.25, -0.2) is 0 Å². The molecule has 18 heavy (non-hydrogen) atoms. The van der Waals surface area contributed by atoms with Crippen LogP contribution in [0, 0.1) is 6.92 Å². The minimum Gasteiger partial charge on any atom is -0.485 e. The number of oxime groups is 1. The molecule has 1 heterocycles. The van der Waals surface area contributed by atoms with Crippen molar-refractivity contribution in [2.45, 2.75) is 13.5 Å². The summed E-state index contributed by atoms with van der Waals surface area (Å²) in [6.07, 6.45) is 1.58. The Kier molecular flexibility index (Phi) is 3.52. The van der Waals surface area contributed by atoms with E-state index in [-0.39, 0.29) is 5.84 Å². The Labute approximate surface area is 104 Å². The van der Waals surface area contributed by atoms with Gasteiger partial charge < -0.3 is 20.1 Å². The van der Waals surface area contributed by atoms with E-state index in [0.717, 1.165) is 5.56 Å². The van der Waals surface area contributed by atoms with E-state index in [1.54, 1.807) is 18.4 Å². The van der Waals surface area contributed by atoms with Gasteiger partial charge in [-0.3, -0.25) is 0 Å². The Hall–Kier alpha value is -2.43. The fourth-order valence-corrected chi connectivity index (χ4v) is 1.64. The van der Waals surface area contributed by atoms with E-state index in [4.69, 9.17) is 20.1 Å². The molecule has 0 aliphatic rings. The lowest BCUT2D eigenvalue weighted by Gasteiger charge is -2.12. The first-order valence-corrected chi connectivity index (χ1v) is 5.45. The molecule has 0 unspecified atom stereocenters. The minimum atomic E-state index is 0.0214. The van der Waals surface area contributed by atoms with Crippen LogP contribution < -0.4 is 10.5 Å². The summed E-state index contributed by atoms with van der Waals surface area (Å²) in [5.74, 6) is 1.32. The van der Waals surface area contributed by atoms with E-state index >= 15 is 0 Å². The van der Waals surface area contributed by atoms with E-state index in [9.17, 15) is 0 Å². The van der Waals surface area contributed by atoms with E-state index < -0.39 is 0 Å². The average molecular weight is 246 g/mol. The second-order valence-electron chi connectivity index (χ2n) is 3.80. The number of furan rings is 1. The molecule has 0 saturated heterocycles. The second-order valence-corrected chi connectivity index (χ2v) is 3.80. The highest BCUT2D eigenvalue weighted by atomic mass is 16.5. The highest BCUT2D eigenvalue weighted by Crippen LogP contribution is 2.24. The van der Waals surface area contributed by atoms with Crippen LogP contribution in [0.25, 0.3) is 0 Å². The fourth-order valence-electron chi connectivity index (χ4n) is 1.64. The highest BCUT2D eigenvalue weighted by molar-refractivity contribution is 5.99. The third-order valence-electron chi connectivity index (χ3n) is 2.53. The van der Waals surface area contributed by atoms with Gasteiger partial charge in [-0.1, -0.05) is 17.3 Å². The van der Waals surface area contributed by atoms with E-state index in [0.29, 0.717) is 23.7 Å². The first kappa shape index (κ1) is 12.0. The zero-order valence-electron chi connectivity index (χ0n) is 9.96. The smallest absolute Gasteiger partial charge is 0.173 e. The molecule has 5 nitrogen and oxygen atoms in total. The second kappa shape index (κ2) is 5.27. The molecule has 1 aromatic heterocycles. The zero-order valence-corrected chi connectivity index (χ0v) is 9.96. The fraction of sp³-hybridized carbons (Fsp3) is 0.154. The van der Waals surface area contributed by atoms with Crippen molar-refractivity contribution in [1.29, 1.82) is 0 Å². The van der Waals surface area contributed by atoms with Gasteiger partial charge in [0.1, 0.15) is 18.1 Å². The van der Waals surface area contributed by atoms with Gasteiger partial charge in [-0.2, -0.15) is 0 Å². The number of aryl methyl sites for hydroxylation is 1. The van der Waals surface area contributed by atoms with Crippen molar-refractivity contribution in [3.63, 3.8) is 0 Å². The molecular formula is C13H14N2O3. The number of rotatable bonds is 4. The first-order chi connectivity index (χ1) is 8.72. The molecule has 3 N–H and O–H groups in total. The Morgan fingerprint density at radius 2 is 2.22 bits per heavy atom. The maximum Gasteiger partial charge on any atom is 0.173 e. The van der Waals surface area contributed by atoms with E-state index in [1.165, 1.54) is 0 Å². The summed E-state index contributed by atoms with van der Waals surface area (Å²) >= 11 is 0. The molecule has 0 amide bonds. The van der Waals surface area contributed by atoms with Crippen molar-refractivity contribution < 1.29 is 14.4 Å². The van der Waals surface area contributed by atoms with Crippen LogP contribution in [0.1, 0.15) is 16.9 Å². The Morgan fingerprint density at radius 3 is 2.89 bits per heavy atom. The van der Waals surface area contributed by atoms with Gasteiger partial charge in [-0.15, -0.1) is 0 Å². The van der Waals surface area contributed by atoms with Gasteiger partial charge in [0.15, 0.2) is 5.84 Å². The first-order valence-electron chi connectivity index (χ1n) is 5.45. The van der Waals surface area contributed by atoms with Crippen LogP contribution in [-0.4, -0.2) is 11.0 Å². The maximum absolute atomic E-state index is 8.74. The number of hydrogen-bond acceptors (Lipinski definition) is 4. The van der Waals surface area contributed by atoms with E-state index in [1.807, 2.05) is 25.1 Å². The molecule has 2 rings (SSSR count). The molecule has 0 fully saturated rings. The normalized spacial score (nSPS) is 11.5. The van der Waals surface area contributed by atoms with Gasteiger partial charge in [0.25, 0.3) is 0 Å². The van der Waals surface area contributed by atoms with Gasteiger partial charge in [0, 0.05) is 0 Å². The summed E-state index contributed by atoms with van der Waals surface area (Å²) in [6.45, 7) is 2.19. The summed E-state index contributed by atoms with van der Waals surface area (Å²) < 4.78 is 10.9. The molecule has 5 heteroatoms. The van der Waals surface area contributed by atoms with Crippen LogP contribution in [0.2, 0.25) is 0 Å². The Bertz CT molecular complexity index is 547. The number of amidine groups is 1. The summed E-state index contributed by atoms with van der Waals surface area (Å²) in [5.41, 5.74) is 7.08. The topological polar surface area (TPSA) is 81.0 Å². The number of hydrogen-bond donors (Lipinski definition) is 2. The van der Waals surface area contributed by atoms with E-state index in [2.05, 4.69) is 5.16 Å². The van der Waals surface area contributed by atoms with Gasteiger partial charge in [0.2, 0.25) is 0 Å². The molecule has 2 aromatic rings. The monoisotopic (exact) mass is 246 g/mol. The van der Waals surface area contributed by atoms with Gasteiger partial charge in [0.05, 0.1) is 11.8 Å². The molecular weight excluding hydrogens is 232 g/mol. The summed E-state index contributed by atoms with van der Waals surface area (Å²) in [5, 5.41) is 11.7.